The molecule has 1 fully saturated rings. The summed E-state index contributed by atoms with van der Waals surface area (Å²) in [5.74, 6) is 0.0562. The molecule has 2 heterocycles. The quantitative estimate of drug-likeness (QED) is 0.787. The molecule has 3 atom stereocenters. The summed E-state index contributed by atoms with van der Waals surface area (Å²) in [5.41, 5.74) is 1.01. The van der Waals surface area contributed by atoms with Crippen LogP contribution in [0.25, 0.3) is 0 Å². The Bertz CT molecular complexity index is 630. The number of carbonyl (C=O) groups is 2. The number of hydrogen-bond donors (Lipinski definition) is 0. The van der Waals surface area contributed by atoms with Crippen LogP contribution in [0.3, 0.4) is 0 Å². The van der Waals surface area contributed by atoms with Gasteiger partial charge in [0.15, 0.2) is 6.10 Å². The van der Waals surface area contributed by atoms with E-state index in [1.54, 1.807) is 6.92 Å². The van der Waals surface area contributed by atoms with Crippen LogP contribution < -0.4 is 4.74 Å². The molecule has 0 bridgehead atoms. The van der Waals surface area contributed by atoms with E-state index in [9.17, 15) is 9.59 Å². The number of amides is 1. The molecule has 136 valence electrons. The van der Waals surface area contributed by atoms with E-state index in [0.717, 1.165) is 43.5 Å². The number of carbonyl (C=O) groups excluding carboxylic acids is 2. The van der Waals surface area contributed by atoms with Gasteiger partial charge in [-0.05, 0) is 50.7 Å². The maximum absolute atomic E-state index is 12.7. The van der Waals surface area contributed by atoms with E-state index in [-0.39, 0.29) is 23.8 Å². The molecule has 1 amide bonds. The van der Waals surface area contributed by atoms with Crippen LogP contribution >= 0.6 is 0 Å². The van der Waals surface area contributed by atoms with Crippen LogP contribution in [0.15, 0.2) is 24.3 Å². The maximum atomic E-state index is 12.7. The molecule has 0 N–H and O–H groups in total. The number of fused-ring (bicyclic) bond motifs is 1. The Balaban J connectivity index is 1.58. The molecule has 5 nitrogen and oxygen atoms in total. The van der Waals surface area contributed by atoms with Crippen LogP contribution in [-0.2, 0) is 20.7 Å². The Morgan fingerprint density at radius 2 is 2.12 bits per heavy atom. The third-order valence-electron chi connectivity index (χ3n) is 5.23. The molecule has 0 aromatic heterocycles. The third-order valence-corrected chi connectivity index (χ3v) is 5.23. The largest absolute Gasteiger partial charge is 0.492 e. The van der Waals surface area contributed by atoms with Gasteiger partial charge in [0, 0.05) is 12.6 Å². The number of ether oxygens (including phenoxy) is 2. The third kappa shape index (κ3) is 3.97. The standard InChI is InChI=1S/C20H27NO4/c1-3-17-9-6-7-11-21(17)19(22)14(2)25-20(23)16-12-15-8-4-5-10-18(15)24-13-16/h4-5,8,10,14,16-17H,3,6-7,9,11-13H2,1-2H3. The van der Waals surface area contributed by atoms with Gasteiger partial charge >= 0.3 is 5.97 Å². The van der Waals surface area contributed by atoms with Crippen molar-refractivity contribution in [3.8, 4) is 5.75 Å². The van der Waals surface area contributed by atoms with Crippen molar-refractivity contribution < 1.29 is 19.1 Å². The van der Waals surface area contributed by atoms with Crippen LogP contribution in [0, 0.1) is 5.92 Å². The van der Waals surface area contributed by atoms with Crippen molar-refractivity contribution in [2.24, 2.45) is 5.92 Å². The lowest BCUT2D eigenvalue weighted by Gasteiger charge is -2.36. The lowest BCUT2D eigenvalue weighted by molar-refractivity contribution is -0.165. The van der Waals surface area contributed by atoms with E-state index < -0.39 is 6.10 Å². The van der Waals surface area contributed by atoms with Crippen molar-refractivity contribution >= 4 is 11.9 Å². The molecule has 2 aliphatic heterocycles. The van der Waals surface area contributed by atoms with E-state index in [4.69, 9.17) is 9.47 Å². The number of esters is 1. The van der Waals surface area contributed by atoms with E-state index in [2.05, 4.69) is 6.92 Å². The average molecular weight is 345 g/mol. The number of nitrogens with zero attached hydrogens (tertiary/aromatic N) is 1. The van der Waals surface area contributed by atoms with Crippen molar-refractivity contribution in [2.45, 2.75) is 58.1 Å². The van der Waals surface area contributed by atoms with Gasteiger partial charge in [0.1, 0.15) is 12.4 Å². The first-order valence-corrected chi connectivity index (χ1v) is 9.31. The molecule has 3 unspecified atom stereocenters. The van der Waals surface area contributed by atoms with Gasteiger partial charge in [-0.15, -0.1) is 0 Å². The van der Waals surface area contributed by atoms with Crippen molar-refractivity contribution in [2.75, 3.05) is 13.2 Å². The fourth-order valence-corrected chi connectivity index (χ4v) is 3.75. The number of hydrogen-bond acceptors (Lipinski definition) is 4. The van der Waals surface area contributed by atoms with Gasteiger partial charge in [0.2, 0.25) is 0 Å². The number of para-hydroxylation sites is 1. The fourth-order valence-electron chi connectivity index (χ4n) is 3.75. The molecule has 0 spiro atoms. The molecule has 3 rings (SSSR count). The van der Waals surface area contributed by atoms with Crippen LogP contribution in [0.4, 0.5) is 0 Å². The summed E-state index contributed by atoms with van der Waals surface area (Å²) in [6, 6.07) is 7.99. The summed E-state index contributed by atoms with van der Waals surface area (Å²) in [5, 5.41) is 0. The molecular weight excluding hydrogens is 318 g/mol. The van der Waals surface area contributed by atoms with Gasteiger partial charge < -0.3 is 14.4 Å². The number of piperidine rings is 1. The van der Waals surface area contributed by atoms with E-state index >= 15 is 0 Å². The molecule has 5 heteroatoms. The summed E-state index contributed by atoms with van der Waals surface area (Å²) < 4.78 is 11.2. The zero-order valence-electron chi connectivity index (χ0n) is 15.1. The highest BCUT2D eigenvalue weighted by Gasteiger charge is 2.33. The minimum Gasteiger partial charge on any atom is -0.492 e. The van der Waals surface area contributed by atoms with Crippen LogP contribution in [0.5, 0.6) is 5.75 Å². The highest BCUT2D eigenvalue weighted by molar-refractivity contribution is 5.84. The lowest BCUT2D eigenvalue weighted by Crippen LogP contribution is -2.48. The predicted molar refractivity (Wildman–Crippen MR) is 94.3 cm³/mol. The minimum atomic E-state index is -0.739. The summed E-state index contributed by atoms with van der Waals surface area (Å²) >= 11 is 0. The Morgan fingerprint density at radius 3 is 2.92 bits per heavy atom. The van der Waals surface area contributed by atoms with E-state index in [0.29, 0.717) is 13.0 Å². The summed E-state index contributed by atoms with van der Waals surface area (Å²) in [7, 11) is 0. The first-order valence-electron chi connectivity index (χ1n) is 9.31. The normalized spacial score (nSPS) is 24.0. The molecule has 25 heavy (non-hydrogen) atoms. The Hall–Kier alpha value is -2.04. The van der Waals surface area contributed by atoms with Crippen molar-refractivity contribution in [1.29, 1.82) is 0 Å². The number of benzene rings is 1. The summed E-state index contributed by atoms with van der Waals surface area (Å²) in [6.45, 7) is 4.85. The number of likely N-dealkylation sites (tertiary alicyclic amines) is 1. The lowest BCUT2D eigenvalue weighted by atomic mass is 9.97. The molecular formula is C20H27NO4. The molecule has 0 aliphatic carbocycles. The second-order valence-corrected chi connectivity index (χ2v) is 6.99. The van der Waals surface area contributed by atoms with Gasteiger partial charge in [0.05, 0.1) is 5.92 Å². The zero-order valence-corrected chi connectivity index (χ0v) is 15.1. The summed E-state index contributed by atoms with van der Waals surface area (Å²) in [4.78, 5) is 27.1. The average Bonchev–Trinajstić information content (AvgIpc) is 2.66. The van der Waals surface area contributed by atoms with Gasteiger partial charge in [-0.3, -0.25) is 9.59 Å². The molecule has 0 radical (unpaired) electrons. The molecule has 2 aliphatic rings. The molecule has 1 aromatic rings. The van der Waals surface area contributed by atoms with E-state index in [1.807, 2.05) is 29.2 Å². The highest BCUT2D eigenvalue weighted by atomic mass is 16.6. The zero-order chi connectivity index (χ0) is 17.8. The first-order chi connectivity index (χ1) is 12.1. The topological polar surface area (TPSA) is 55.8 Å². The smallest absolute Gasteiger partial charge is 0.313 e. The van der Waals surface area contributed by atoms with Gasteiger partial charge in [0.25, 0.3) is 5.91 Å². The van der Waals surface area contributed by atoms with Crippen LogP contribution in [-0.4, -0.2) is 42.1 Å². The monoisotopic (exact) mass is 345 g/mol. The second kappa shape index (κ2) is 7.89. The van der Waals surface area contributed by atoms with Crippen molar-refractivity contribution in [3.63, 3.8) is 0 Å². The molecule has 0 saturated carbocycles. The van der Waals surface area contributed by atoms with Crippen molar-refractivity contribution in [3.05, 3.63) is 29.8 Å². The Morgan fingerprint density at radius 1 is 1.32 bits per heavy atom. The maximum Gasteiger partial charge on any atom is 0.313 e. The predicted octanol–water partition coefficient (Wildman–Crippen LogP) is 2.96. The Kier molecular flexibility index (Phi) is 5.61. The SMILES string of the molecule is CCC1CCCCN1C(=O)C(C)OC(=O)C1COc2ccccc2C1. The minimum absolute atomic E-state index is 0.0722. The van der Waals surface area contributed by atoms with Gasteiger partial charge in [-0.1, -0.05) is 25.1 Å². The molecule has 1 saturated heterocycles. The van der Waals surface area contributed by atoms with Crippen LogP contribution in [0.1, 0.15) is 45.1 Å². The van der Waals surface area contributed by atoms with Crippen LogP contribution in [0.2, 0.25) is 0 Å². The summed E-state index contributed by atoms with van der Waals surface area (Å²) in [6.07, 6.45) is 4.02. The first kappa shape index (κ1) is 17.8. The Labute approximate surface area is 149 Å². The highest BCUT2D eigenvalue weighted by Crippen LogP contribution is 2.28. The second-order valence-electron chi connectivity index (χ2n) is 6.99. The van der Waals surface area contributed by atoms with Gasteiger partial charge in [-0.25, -0.2) is 0 Å². The molecule has 1 aromatic carbocycles. The van der Waals surface area contributed by atoms with E-state index in [1.165, 1.54) is 0 Å². The number of rotatable bonds is 4. The van der Waals surface area contributed by atoms with Crippen molar-refractivity contribution in [1.82, 2.24) is 4.90 Å². The van der Waals surface area contributed by atoms with Gasteiger partial charge in [-0.2, -0.15) is 0 Å². The fraction of sp³-hybridized carbons (Fsp3) is 0.600.